The van der Waals surface area contributed by atoms with E-state index in [-0.39, 0.29) is 5.97 Å². The minimum atomic E-state index is -0.394. The number of methoxy groups -OCH3 is 1. The highest BCUT2D eigenvalue weighted by Crippen LogP contribution is 2.31. The van der Waals surface area contributed by atoms with Gasteiger partial charge in [0.05, 0.1) is 19.4 Å². The Labute approximate surface area is 119 Å². The van der Waals surface area contributed by atoms with E-state index in [4.69, 9.17) is 21.1 Å². The third-order valence-corrected chi connectivity index (χ3v) is 3.20. The lowest BCUT2D eigenvalue weighted by Gasteiger charge is -2.19. The first-order chi connectivity index (χ1) is 9.03. The predicted octanol–water partition coefficient (Wildman–Crippen LogP) is 3.41. The first-order valence-corrected chi connectivity index (χ1v) is 6.68. The molecule has 106 valence electrons. The molecule has 1 N–H and O–H groups in total. The molecule has 1 atom stereocenters. The van der Waals surface area contributed by atoms with Gasteiger partial charge in [-0.1, -0.05) is 18.5 Å². The topological polar surface area (TPSA) is 47.6 Å². The number of rotatable bonds is 6. The number of esters is 1. The average Bonchev–Trinajstić information content (AvgIpc) is 2.39. The smallest absolute Gasteiger partial charge is 0.328 e. The van der Waals surface area contributed by atoms with Gasteiger partial charge in [-0.2, -0.15) is 0 Å². The summed E-state index contributed by atoms with van der Waals surface area (Å²) < 4.78 is 10.3. The minimum absolute atomic E-state index is 0.264. The number of carbonyl (C=O) groups excluding carboxylic acids is 1. The molecule has 0 spiro atoms. The van der Waals surface area contributed by atoms with Crippen LogP contribution in [0.25, 0.3) is 0 Å². The molecule has 1 unspecified atom stereocenters. The molecule has 0 aromatic heterocycles. The van der Waals surface area contributed by atoms with Crippen LogP contribution in [0.4, 0.5) is 5.69 Å². The number of carbonyl (C=O) groups is 1. The number of hydrogen-bond donors (Lipinski definition) is 1. The monoisotopic (exact) mass is 285 g/mol. The fourth-order valence-corrected chi connectivity index (χ4v) is 1.86. The summed E-state index contributed by atoms with van der Waals surface area (Å²) >= 11 is 6.05. The van der Waals surface area contributed by atoms with Crippen molar-refractivity contribution in [3.05, 3.63) is 22.7 Å². The molecular weight excluding hydrogens is 266 g/mol. The van der Waals surface area contributed by atoms with Crippen molar-refractivity contribution in [2.75, 3.05) is 19.0 Å². The summed E-state index contributed by atoms with van der Waals surface area (Å²) in [6.07, 6.45) is 0.629. The zero-order valence-corrected chi connectivity index (χ0v) is 12.5. The summed E-state index contributed by atoms with van der Waals surface area (Å²) in [5.74, 6) is 0.345. The number of halogens is 1. The zero-order chi connectivity index (χ0) is 14.4. The molecule has 1 aromatic carbocycles. The second kappa shape index (κ2) is 7.24. The van der Waals surface area contributed by atoms with Gasteiger partial charge in [-0.3, -0.25) is 0 Å². The summed E-state index contributed by atoms with van der Waals surface area (Å²) in [5, 5.41) is 3.77. The Kier molecular flexibility index (Phi) is 5.96. The third-order valence-electron chi connectivity index (χ3n) is 2.79. The van der Waals surface area contributed by atoms with Gasteiger partial charge in [-0.25, -0.2) is 4.79 Å². The SMILES string of the molecule is CCOC(=O)C(CC)Nc1cc(C)c(Cl)cc1OC. The fraction of sp³-hybridized carbons (Fsp3) is 0.500. The van der Waals surface area contributed by atoms with Gasteiger partial charge in [0.15, 0.2) is 0 Å². The lowest BCUT2D eigenvalue weighted by molar-refractivity contribution is -0.144. The molecule has 0 radical (unpaired) electrons. The van der Waals surface area contributed by atoms with Crippen LogP contribution in [0.3, 0.4) is 0 Å². The van der Waals surface area contributed by atoms with E-state index in [0.717, 1.165) is 11.3 Å². The van der Waals surface area contributed by atoms with Crippen molar-refractivity contribution < 1.29 is 14.3 Å². The van der Waals surface area contributed by atoms with E-state index >= 15 is 0 Å². The Morgan fingerprint density at radius 3 is 2.63 bits per heavy atom. The summed E-state index contributed by atoms with van der Waals surface area (Å²) in [7, 11) is 1.57. The lowest BCUT2D eigenvalue weighted by atomic mass is 10.1. The van der Waals surface area contributed by atoms with Gasteiger partial charge in [0.2, 0.25) is 0 Å². The maximum atomic E-state index is 11.8. The van der Waals surface area contributed by atoms with Gasteiger partial charge in [-0.05, 0) is 31.9 Å². The van der Waals surface area contributed by atoms with Crippen LogP contribution in [0.5, 0.6) is 5.75 Å². The van der Waals surface area contributed by atoms with Gasteiger partial charge >= 0.3 is 5.97 Å². The molecule has 0 aliphatic carbocycles. The van der Waals surface area contributed by atoms with Crippen LogP contribution in [0, 0.1) is 6.92 Å². The molecule has 0 bridgehead atoms. The largest absolute Gasteiger partial charge is 0.495 e. The highest BCUT2D eigenvalue weighted by molar-refractivity contribution is 6.31. The molecular formula is C14H20ClNO3. The van der Waals surface area contributed by atoms with E-state index in [9.17, 15) is 4.79 Å². The average molecular weight is 286 g/mol. The molecule has 0 aliphatic heterocycles. The predicted molar refractivity (Wildman–Crippen MR) is 77.1 cm³/mol. The van der Waals surface area contributed by atoms with Crippen LogP contribution in [0.1, 0.15) is 25.8 Å². The molecule has 0 heterocycles. The van der Waals surface area contributed by atoms with E-state index in [1.165, 1.54) is 0 Å². The maximum absolute atomic E-state index is 11.8. The Hall–Kier alpha value is -1.42. The highest BCUT2D eigenvalue weighted by atomic mass is 35.5. The summed E-state index contributed by atoms with van der Waals surface area (Å²) in [5.41, 5.74) is 1.66. The quantitative estimate of drug-likeness (QED) is 0.814. The van der Waals surface area contributed by atoms with Gasteiger partial charge in [0.25, 0.3) is 0 Å². The molecule has 19 heavy (non-hydrogen) atoms. The summed E-state index contributed by atoms with van der Waals surface area (Å²) in [6, 6.07) is 3.20. The van der Waals surface area contributed by atoms with Crippen LogP contribution in [-0.4, -0.2) is 25.7 Å². The van der Waals surface area contributed by atoms with Crippen molar-refractivity contribution >= 4 is 23.3 Å². The number of benzene rings is 1. The Morgan fingerprint density at radius 1 is 1.42 bits per heavy atom. The lowest BCUT2D eigenvalue weighted by Crippen LogP contribution is -2.30. The van der Waals surface area contributed by atoms with Crippen LogP contribution in [0.15, 0.2) is 12.1 Å². The Bertz CT molecular complexity index is 449. The summed E-state index contributed by atoms with van der Waals surface area (Å²) in [4.78, 5) is 11.8. The minimum Gasteiger partial charge on any atom is -0.495 e. The van der Waals surface area contributed by atoms with E-state index in [1.807, 2.05) is 19.9 Å². The van der Waals surface area contributed by atoms with Crippen LogP contribution in [0.2, 0.25) is 5.02 Å². The normalized spacial score (nSPS) is 11.8. The van der Waals surface area contributed by atoms with Crippen molar-refractivity contribution in [2.45, 2.75) is 33.2 Å². The molecule has 4 nitrogen and oxygen atoms in total. The molecule has 1 aromatic rings. The molecule has 0 saturated heterocycles. The maximum Gasteiger partial charge on any atom is 0.328 e. The van der Waals surface area contributed by atoms with Crippen molar-refractivity contribution in [2.24, 2.45) is 0 Å². The van der Waals surface area contributed by atoms with Crippen molar-refractivity contribution in [1.82, 2.24) is 0 Å². The van der Waals surface area contributed by atoms with E-state index < -0.39 is 6.04 Å². The van der Waals surface area contributed by atoms with E-state index in [1.54, 1.807) is 20.1 Å². The van der Waals surface area contributed by atoms with Crippen molar-refractivity contribution in [1.29, 1.82) is 0 Å². The highest BCUT2D eigenvalue weighted by Gasteiger charge is 2.19. The molecule has 0 amide bonds. The summed E-state index contributed by atoms with van der Waals surface area (Å²) in [6.45, 7) is 5.98. The van der Waals surface area contributed by atoms with Gasteiger partial charge in [0.1, 0.15) is 11.8 Å². The first kappa shape index (κ1) is 15.6. The molecule has 5 heteroatoms. The van der Waals surface area contributed by atoms with E-state index in [0.29, 0.717) is 23.8 Å². The van der Waals surface area contributed by atoms with Crippen molar-refractivity contribution in [3.8, 4) is 5.75 Å². The number of nitrogens with one attached hydrogen (secondary N) is 1. The van der Waals surface area contributed by atoms with Crippen molar-refractivity contribution in [3.63, 3.8) is 0 Å². The van der Waals surface area contributed by atoms with Gasteiger partial charge in [0, 0.05) is 11.1 Å². The van der Waals surface area contributed by atoms with Crippen LogP contribution < -0.4 is 10.1 Å². The van der Waals surface area contributed by atoms with Gasteiger partial charge < -0.3 is 14.8 Å². The second-order valence-electron chi connectivity index (χ2n) is 4.16. The fourth-order valence-electron chi connectivity index (χ4n) is 1.70. The third kappa shape index (κ3) is 4.03. The van der Waals surface area contributed by atoms with Crippen LogP contribution >= 0.6 is 11.6 Å². The number of ether oxygens (including phenoxy) is 2. The van der Waals surface area contributed by atoms with E-state index in [2.05, 4.69) is 5.32 Å². The van der Waals surface area contributed by atoms with Crippen LogP contribution in [-0.2, 0) is 9.53 Å². The molecule has 0 aliphatic rings. The molecule has 0 saturated carbocycles. The number of aryl methyl sites for hydroxylation is 1. The second-order valence-corrected chi connectivity index (χ2v) is 4.57. The Morgan fingerprint density at radius 2 is 2.11 bits per heavy atom. The standard InChI is InChI=1S/C14H20ClNO3/c1-5-11(14(17)19-6-2)16-12-7-9(3)10(15)8-13(12)18-4/h7-8,11,16H,5-6H2,1-4H3. The molecule has 0 fully saturated rings. The van der Waals surface area contributed by atoms with Gasteiger partial charge in [-0.15, -0.1) is 0 Å². The number of hydrogen-bond acceptors (Lipinski definition) is 4. The zero-order valence-electron chi connectivity index (χ0n) is 11.7. The first-order valence-electron chi connectivity index (χ1n) is 6.30. The Balaban J connectivity index is 2.96. The molecule has 1 rings (SSSR count). The number of anilines is 1.